The summed E-state index contributed by atoms with van der Waals surface area (Å²) in [6.45, 7) is 2.25. The first-order valence-corrected chi connectivity index (χ1v) is 11.5. The Kier molecular flexibility index (Phi) is 6.95. The van der Waals surface area contributed by atoms with E-state index in [1.165, 1.54) is 12.1 Å². The Balaban J connectivity index is 1.82. The zero-order valence-corrected chi connectivity index (χ0v) is 20.1. The Bertz CT molecular complexity index is 1290. The van der Waals surface area contributed by atoms with Crippen molar-refractivity contribution in [1.29, 1.82) is 0 Å². The second-order valence-electron chi connectivity index (χ2n) is 9.45. The molecule has 3 aromatic rings. The number of aromatic nitrogens is 1. The highest BCUT2D eigenvalue weighted by Crippen LogP contribution is 2.47. The van der Waals surface area contributed by atoms with E-state index in [2.05, 4.69) is 10.3 Å². The summed E-state index contributed by atoms with van der Waals surface area (Å²) >= 11 is 0. The van der Waals surface area contributed by atoms with Gasteiger partial charge in [-0.15, -0.1) is 0 Å². The van der Waals surface area contributed by atoms with E-state index in [-0.39, 0.29) is 36.2 Å². The van der Waals surface area contributed by atoms with Crippen molar-refractivity contribution in [3.8, 4) is 17.0 Å². The summed E-state index contributed by atoms with van der Waals surface area (Å²) in [5.41, 5.74) is -4.18. The molecule has 0 bridgehead atoms. The summed E-state index contributed by atoms with van der Waals surface area (Å²) < 4.78 is 61.6. The Morgan fingerprint density at radius 2 is 1.84 bits per heavy atom. The lowest BCUT2D eigenvalue weighted by Gasteiger charge is -2.29. The van der Waals surface area contributed by atoms with E-state index >= 15 is 0 Å². The maximum absolute atomic E-state index is 14.0. The number of pyridine rings is 1. The van der Waals surface area contributed by atoms with Crippen LogP contribution in [0.1, 0.15) is 36.7 Å². The van der Waals surface area contributed by atoms with Gasteiger partial charge in [0, 0.05) is 34.1 Å². The molecule has 11 heteroatoms. The number of nitro groups is 1. The maximum atomic E-state index is 14.0. The molecule has 2 heterocycles. The summed E-state index contributed by atoms with van der Waals surface area (Å²) in [5.74, 6) is -0.390. The van der Waals surface area contributed by atoms with Crippen LogP contribution in [-0.2, 0) is 11.0 Å². The van der Waals surface area contributed by atoms with Gasteiger partial charge in [-0.1, -0.05) is 37.3 Å². The van der Waals surface area contributed by atoms with Crippen LogP contribution in [0.15, 0.2) is 60.7 Å². The normalized spacial score (nSPS) is 19.5. The zero-order valence-electron chi connectivity index (χ0n) is 20.1. The fourth-order valence-corrected chi connectivity index (χ4v) is 4.34. The minimum absolute atomic E-state index is 0.0710. The monoisotopic (exact) mass is 519 g/mol. The Morgan fingerprint density at radius 1 is 1.19 bits per heavy atom. The number of ether oxygens (including phenoxy) is 1. The molecule has 0 amide bonds. The number of nitrogens with zero attached hydrogens (tertiary/aromatic N) is 2. The summed E-state index contributed by atoms with van der Waals surface area (Å²) in [4.78, 5) is 13.9. The highest BCUT2D eigenvalue weighted by molar-refractivity contribution is 5.71. The number of hydrogen-bond acceptors (Lipinski definition) is 6. The highest BCUT2D eigenvalue weighted by Gasteiger charge is 2.61. The molecule has 1 aliphatic rings. The van der Waals surface area contributed by atoms with Crippen molar-refractivity contribution in [2.24, 2.45) is 0 Å². The van der Waals surface area contributed by atoms with Crippen LogP contribution in [0.4, 0.5) is 17.6 Å². The number of hydrogen-bond donors (Lipinski definition) is 2. The molecule has 196 valence electrons. The van der Waals surface area contributed by atoms with E-state index in [0.29, 0.717) is 5.56 Å². The van der Waals surface area contributed by atoms with E-state index in [0.717, 1.165) is 23.8 Å². The molecule has 37 heavy (non-hydrogen) atoms. The van der Waals surface area contributed by atoms with Crippen molar-refractivity contribution >= 4 is 0 Å². The van der Waals surface area contributed by atoms with Crippen LogP contribution in [0.25, 0.3) is 11.3 Å². The summed E-state index contributed by atoms with van der Waals surface area (Å²) in [5, 5.41) is 25.1. The lowest BCUT2D eigenvalue weighted by molar-refractivity contribution is -0.519. The minimum Gasteiger partial charge on any atom is -0.490 e. The van der Waals surface area contributed by atoms with Gasteiger partial charge in [0.05, 0.1) is 12.3 Å². The van der Waals surface area contributed by atoms with Gasteiger partial charge in [-0.2, -0.15) is 13.2 Å². The van der Waals surface area contributed by atoms with Crippen LogP contribution in [0, 0.1) is 15.9 Å². The summed E-state index contributed by atoms with van der Waals surface area (Å²) in [6, 6.07) is 15.3. The van der Waals surface area contributed by atoms with E-state index < -0.39 is 40.2 Å². The lowest BCUT2D eigenvalue weighted by atomic mass is 9.82. The molecule has 0 radical (unpaired) electrons. The van der Waals surface area contributed by atoms with Gasteiger partial charge in [0.2, 0.25) is 6.54 Å². The topological polar surface area (TPSA) is 97.5 Å². The third-order valence-electron chi connectivity index (χ3n) is 6.62. The molecule has 0 fully saturated rings. The van der Waals surface area contributed by atoms with E-state index in [4.69, 9.17) is 4.74 Å². The van der Waals surface area contributed by atoms with Gasteiger partial charge in [0.1, 0.15) is 17.3 Å². The molecule has 0 spiro atoms. The molecule has 1 aromatic heterocycles. The second-order valence-corrected chi connectivity index (χ2v) is 9.45. The number of benzene rings is 2. The number of nitrogens with one attached hydrogen (secondary N) is 1. The molecule has 2 N–H and O–H groups in total. The fraction of sp³-hybridized carbons (Fsp3) is 0.346. The van der Waals surface area contributed by atoms with Crippen LogP contribution in [0.2, 0.25) is 0 Å². The van der Waals surface area contributed by atoms with Gasteiger partial charge < -0.3 is 15.2 Å². The van der Waals surface area contributed by atoms with Crippen LogP contribution in [0.3, 0.4) is 0 Å². The number of halogens is 4. The maximum Gasteiger partial charge on any atom is 0.429 e. The third kappa shape index (κ3) is 5.14. The van der Waals surface area contributed by atoms with Crippen molar-refractivity contribution < 1.29 is 32.3 Å². The Labute approximate surface area is 210 Å². The number of rotatable bonds is 8. The summed E-state index contributed by atoms with van der Waals surface area (Å²) in [6.07, 6.45) is -5.39. The van der Waals surface area contributed by atoms with Crippen molar-refractivity contribution in [2.45, 2.75) is 37.1 Å². The largest absolute Gasteiger partial charge is 0.490 e. The molecule has 0 aliphatic carbocycles. The molecule has 3 atom stereocenters. The van der Waals surface area contributed by atoms with Crippen molar-refractivity contribution in [3.05, 3.63) is 93.4 Å². The molecule has 7 nitrogen and oxygen atoms in total. The SMILES string of the molecule is C[C@H](NC[C@@]1(C)COc2c1cc(C(O)(C[N+](=O)[O-])C(F)(F)F)nc2-c1ccc(F)cc1)c1ccccc1. The lowest BCUT2D eigenvalue weighted by Crippen LogP contribution is -2.48. The predicted molar refractivity (Wildman–Crippen MR) is 127 cm³/mol. The first-order valence-electron chi connectivity index (χ1n) is 11.5. The summed E-state index contributed by atoms with van der Waals surface area (Å²) in [7, 11) is 0. The van der Waals surface area contributed by atoms with Gasteiger partial charge in [-0.25, -0.2) is 9.37 Å². The van der Waals surface area contributed by atoms with Gasteiger partial charge in [0.25, 0.3) is 5.60 Å². The van der Waals surface area contributed by atoms with Crippen LogP contribution >= 0.6 is 0 Å². The molecule has 2 aromatic carbocycles. The smallest absolute Gasteiger partial charge is 0.429 e. The third-order valence-corrected chi connectivity index (χ3v) is 6.62. The minimum atomic E-state index is -5.39. The second kappa shape index (κ2) is 9.71. The van der Waals surface area contributed by atoms with E-state index in [9.17, 15) is 32.8 Å². The number of aliphatic hydroxyl groups is 1. The first-order chi connectivity index (χ1) is 17.3. The van der Waals surface area contributed by atoms with Crippen LogP contribution < -0.4 is 10.1 Å². The number of alkyl halides is 3. The molecule has 4 rings (SSSR count). The van der Waals surface area contributed by atoms with Crippen molar-refractivity contribution in [2.75, 3.05) is 19.7 Å². The van der Waals surface area contributed by atoms with Gasteiger partial charge in [-0.3, -0.25) is 10.1 Å². The first kappa shape index (κ1) is 26.5. The molecular weight excluding hydrogens is 494 g/mol. The van der Waals surface area contributed by atoms with E-state index in [1.807, 2.05) is 37.3 Å². The van der Waals surface area contributed by atoms with Crippen LogP contribution in [-0.4, -0.2) is 40.9 Å². The predicted octanol–water partition coefficient (Wildman–Crippen LogP) is 4.92. The van der Waals surface area contributed by atoms with Crippen LogP contribution in [0.5, 0.6) is 5.75 Å². The van der Waals surface area contributed by atoms with E-state index in [1.54, 1.807) is 6.92 Å². The zero-order chi connectivity index (χ0) is 27.0. The van der Waals surface area contributed by atoms with Gasteiger partial charge in [-0.05, 0) is 42.8 Å². The fourth-order valence-electron chi connectivity index (χ4n) is 4.34. The van der Waals surface area contributed by atoms with Gasteiger partial charge in [0.15, 0.2) is 0 Å². The quantitative estimate of drug-likeness (QED) is 0.249. The molecule has 0 saturated carbocycles. The van der Waals surface area contributed by atoms with Crippen molar-refractivity contribution in [3.63, 3.8) is 0 Å². The standard InChI is InChI=1S/C26H25F4N3O4/c1-16(17-6-4-3-5-7-17)31-13-24(2)15-37-23-20(24)12-21(25(34,14-33(35)36)26(28,29)30)32-22(23)18-8-10-19(27)11-9-18/h3-12,16,31,34H,13-15H2,1-2H3/t16-,24-,25?/m0/s1. The van der Waals surface area contributed by atoms with Crippen molar-refractivity contribution in [1.82, 2.24) is 10.3 Å². The molecule has 1 aliphatic heterocycles. The molecule has 0 saturated heterocycles. The Morgan fingerprint density at radius 3 is 2.43 bits per heavy atom. The average Bonchev–Trinajstić information content (AvgIpc) is 3.19. The van der Waals surface area contributed by atoms with Gasteiger partial charge >= 0.3 is 6.18 Å². The highest BCUT2D eigenvalue weighted by atomic mass is 19.4. The average molecular weight is 519 g/mol. The Hall–Kier alpha value is -3.57. The molecule has 1 unspecified atom stereocenters. The molecular formula is C26H25F4N3O4. The number of fused-ring (bicyclic) bond motifs is 1.